The van der Waals surface area contributed by atoms with E-state index in [2.05, 4.69) is 33.4 Å². The number of amides is 4. The molecule has 3 rings (SSSR count). The van der Waals surface area contributed by atoms with E-state index in [1.54, 1.807) is 0 Å². The number of alkyl carbamates (subject to hydrolysis) is 1. The molecule has 4 amide bonds. The Balaban J connectivity index is 1.63. The molecule has 10 heteroatoms. The van der Waals surface area contributed by atoms with Crippen LogP contribution in [0.3, 0.4) is 0 Å². The highest BCUT2D eigenvalue weighted by molar-refractivity contribution is 5.93. The molecule has 204 valence electrons. The first kappa shape index (κ1) is 28.6. The van der Waals surface area contributed by atoms with Gasteiger partial charge < -0.3 is 31.7 Å². The van der Waals surface area contributed by atoms with E-state index in [9.17, 15) is 19.2 Å². The van der Waals surface area contributed by atoms with Crippen molar-refractivity contribution in [1.29, 1.82) is 0 Å². The lowest BCUT2D eigenvalue weighted by Crippen LogP contribution is -2.58. The van der Waals surface area contributed by atoms with E-state index in [1.807, 2.05) is 50.2 Å². The van der Waals surface area contributed by atoms with Crippen molar-refractivity contribution in [1.82, 2.24) is 21.3 Å². The van der Waals surface area contributed by atoms with Gasteiger partial charge in [0.15, 0.2) is 0 Å². The average Bonchev–Trinajstić information content (AvgIpc) is 3.22. The third-order valence-electron chi connectivity index (χ3n) is 6.53. The molecule has 38 heavy (non-hydrogen) atoms. The van der Waals surface area contributed by atoms with E-state index in [-0.39, 0.29) is 30.9 Å². The number of likely N-dealkylation sites (N-methyl/N-ethyl adjacent to an activating group) is 1. The van der Waals surface area contributed by atoms with Crippen molar-refractivity contribution in [3.63, 3.8) is 0 Å². The van der Waals surface area contributed by atoms with E-state index >= 15 is 0 Å². The van der Waals surface area contributed by atoms with Crippen LogP contribution in [0.4, 0.5) is 4.79 Å². The van der Waals surface area contributed by atoms with Crippen LogP contribution < -0.4 is 27.0 Å². The molecular formula is C28H37N5O5. The molecule has 0 radical (unpaired) electrons. The number of benzene rings is 2. The summed E-state index contributed by atoms with van der Waals surface area (Å²) in [6.45, 7) is 5.28. The molecule has 0 unspecified atom stereocenters. The molecule has 6 N–H and O–H groups in total. The van der Waals surface area contributed by atoms with Crippen molar-refractivity contribution >= 4 is 23.8 Å². The Morgan fingerprint density at radius 1 is 0.816 bits per heavy atom. The molecule has 0 saturated heterocycles. The number of carbonyl (C=O) groups excluding carboxylic acids is 4. The van der Waals surface area contributed by atoms with Gasteiger partial charge in [0.05, 0.1) is 0 Å². The normalized spacial score (nSPS) is 14.5. The quantitative estimate of drug-likeness (QED) is 0.302. The lowest BCUT2D eigenvalue weighted by molar-refractivity contribution is -0.132. The van der Waals surface area contributed by atoms with Crippen LogP contribution in [-0.4, -0.2) is 62.1 Å². The van der Waals surface area contributed by atoms with E-state index in [0.29, 0.717) is 6.42 Å². The molecule has 2 aromatic carbocycles. The third kappa shape index (κ3) is 6.89. The van der Waals surface area contributed by atoms with Gasteiger partial charge in [-0.2, -0.15) is 0 Å². The number of fused-ring (bicyclic) bond motifs is 3. The summed E-state index contributed by atoms with van der Waals surface area (Å²) in [5.41, 5.74) is 10.1. The van der Waals surface area contributed by atoms with Crippen LogP contribution in [-0.2, 0) is 19.1 Å². The second kappa shape index (κ2) is 13.0. The molecule has 3 atom stereocenters. The van der Waals surface area contributed by atoms with Gasteiger partial charge in [-0.3, -0.25) is 14.4 Å². The summed E-state index contributed by atoms with van der Waals surface area (Å²) >= 11 is 0. The minimum Gasteiger partial charge on any atom is -0.449 e. The van der Waals surface area contributed by atoms with E-state index in [0.717, 1.165) is 22.3 Å². The van der Waals surface area contributed by atoms with Crippen LogP contribution in [0, 0.1) is 5.92 Å². The topological polar surface area (TPSA) is 152 Å². The van der Waals surface area contributed by atoms with Crippen molar-refractivity contribution < 1.29 is 23.9 Å². The van der Waals surface area contributed by atoms with E-state index in [4.69, 9.17) is 10.5 Å². The maximum atomic E-state index is 13.1. The summed E-state index contributed by atoms with van der Waals surface area (Å²) in [6, 6.07) is 13.2. The van der Waals surface area contributed by atoms with Crippen molar-refractivity contribution in [2.75, 3.05) is 20.2 Å². The standard InChI is InChI=1S/C28H37N5O5/c1-16(2)13-23(26(35)32-24(14-29)27(36)31-17(3)25(34)30-4)33-28(37)38-15-22-20-11-7-5-9-18(20)19-10-6-8-12-21(19)22/h5-12,16-17,22-24H,13-15,29H2,1-4H3,(H,30,34)(H,31,36)(H,32,35)(H,33,37)/t17-,23-,24-/m0/s1. The lowest BCUT2D eigenvalue weighted by Gasteiger charge is -2.24. The fourth-order valence-corrected chi connectivity index (χ4v) is 4.59. The first-order valence-corrected chi connectivity index (χ1v) is 12.8. The van der Waals surface area contributed by atoms with Crippen molar-refractivity contribution in [3.8, 4) is 11.1 Å². The number of carbonyl (C=O) groups is 4. The SMILES string of the molecule is CNC(=O)[C@H](C)NC(=O)[C@H](CN)NC(=O)[C@H](CC(C)C)NC(=O)OCC1c2ccccc2-c2ccccc21. The Labute approximate surface area is 223 Å². The maximum absolute atomic E-state index is 13.1. The van der Waals surface area contributed by atoms with Crippen LogP contribution in [0.1, 0.15) is 44.2 Å². The largest absolute Gasteiger partial charge is 0.449 e. The second-order valence-electron chi connectivity index (χ2n) is 9.79. The minimum atomic E-state index is -1.08. The molecule has 0 aromatic heterocycles. The van der Waals surface area contributed by atoms with Gasteiger partial charge >= 0.3 is 6.09 Å². The number of nitrogens with two attached hydrogens (primary N) is 1. The number of nitrogens with one attached hydrogen (secondary N) is 4. The summed E-state index contributed by atoms with van der Waals surface area (Å²) in [7, 11) is 1.46. The Morgan fingerprint density at radius 3 is 1.89 bits per heavy atom. The van der Waals surface area contributed by atoms with Crippen LogP contribution in [0.2, 0.25) is 0 Å². The van der Waals surface area contributed by atoms with Gasteiger partial charge in [0.25, 0.3) is 0 Å². The molecule has 0 aliphatic heterocycles. The fourth-order valence-electron chi connectivity index (χ4n) is 4.59. The first-order valence-electron chi connectivity index (χ1n) is 12.8. The zero-order chi connectivity index (χ0) is 27.8. The van der Waals surface area contributed by atoms with Crippen LogP contribution >= 0.6 is 0 Å². The minimum absolute atomic E-state index is 0.0676. The van der Waals surface area contributed by atoms with Gasteiger partial charge in [0.2, 0.25) is 17.7 Å². The molecule has 1 aliphatic rings. The van der Waals surface area contributed by atoms with Crippen molar-refractivity contribution in [2.24, 2.45) is 11.7 Å². The Kier molecular flexibility index (Phi) is 9.84. The first-order chi connectivity index (χ1) is 18.2. The molecule has 0 heterocycles. The van der Waals surface area contributed by atoms with Gasteiger partial charge in [-0.25, -0.2) is 4.79 Å². The number of ether oxygens (including phenoxy) is 1. The molecule has 0 bridgehead atoms. The monoisotopic (exact) mass is 523 g/mol. The zero-order valence-corrected chi connectivity index (χ0v) is 22.2. The Morgan fingerprint density at radius 2 is 1.37 bits per heavy atom. The highest BCUT2D eigenvalue weighted by Crippen LogP contribution is 2.44. The Hall–Kier alpha value is -3.92. The maximum Gasteiger partial charge on any atom is 0.407 e. The van der Waals surface area contributed by atoms with Crippen molar-refractivity contribution in [3.05, 3.63) is 59.7 Å². The smallest absolute Gasteiger partial charge is 0.407 e. The second-order valence-corrected chi connectivity index (χ2v) is 9.79. The van der Waals surface area contributed by atoms with Gasteiger partial charge in [-0.15, -0.1) is 0 Å². The van der Waals surface area contributed by atoms with Crippen molar-refractivity contribution in [2.45, 2.75) is 51.2 Å². The van der Waals surface area contributed by atoms with E-state index < -0.39 is 36.0 Å². The summed E-state index contributed by atoms with van der Waals surface area (Å²) in [5.74, 6) is -1.59. The molecule has 0 fully saturated rings. The molecular weight excluding hydrogens is 486 g/mol. The molecule has 10 nitrogen and oxygen atoms in total. The van der Waals surface area contributed by atoms with E-state index in [1.165, 1.54) is 14.0 Å². The van der Waals surface area contributed by atoms with Gasteiger partial charge in [0, 0.05) is 19.5 Å². The van der Waals surface area contributed by atoms with Gasteiger partial charge in [-0.1, -0.05) is 62.4 Å². The number of rotatable bonds is 11. The summed E-state index contributed by atoms with van der Waals surface area (Å²) in [6.07, 6.45) is -0.404. The highest BCUT2D eigenvalue weighted by Gasteiger charge is 2.31. The van der Waals surface area contributed by atoms with Crippen LogP contribution in [0.25, 0.3) is 11.1 Å². The Bertz CT molecular complexity index is 1120. The third-order valence-corrected chi connectivity index (χ3v) is 6.53. The van der Waals surface area contributed by atoms with Gasteiger partial charge in [0.1, 0.15) is 24.7 Å². The molecule has 2 aromatic rings. The van der Waals surface area contributed by atoms with Gasteiger partial charge in [-0.05, 0) is 41.5 Å². The molecule has 1 aliphatic carbocycles. The summed E-state index contributed by atoms with van der Waals surface area (Å²) < 4.78 is 5.59. The van der Waals surface area contributed by atoms with Crippen LogP contribution in [0.5, 0.6) is 0 Å². The predicted octanol–water partition coefficient (Wildman–Crippen LogP) is 1.63. The lowest BCUT2D eigenvalue weighted by atomic mass is 9.98. The number of hydrogen-bond donors (Lipinski definition) is 5. The zero-order valence-electron chi connectivity index (χ0n) is 22.2. The highest BCUT2D eigenvalue weighted by atomic mass is 16.5. The molecule has 0 saturated carbocycles. The average molecular weight is 524 g/mol. The fraction of sp³-hybridized carbons (Fsp3) is 0.429. The summed E-state index contributed by atoms with van der Waals surface area (Å²) in [5, 5.41) is 10.2. The number of hydrogen-bond acceptors (Lipinski definition) is 6. The summed E-state index contributed by atoms with van der Waals surface area (Å²) in [4.78, 5) is 50.1. The molecule has 0 spiro atoms. The van der Waals surface area contributed by atoms with Crippen LogP contribution in [0.15, 0.2) is 48.5 Å². The predicted molar refractivity (Wildman–Crippen MR) is 144 cm³/mol.